The average Bonchev–Trinajstić information content (AvgIpc) is 3.48. The van der Waals surface area contributed by atoms with Gasteiger partial charge in [-0.1, -0.05) is 90.3 Å². The second-order valence-electron chi connectivity index (χ2n) is 7.16. The SMILES string of the molecule is O=C(CSC1=NCCS1)N1NC(c2ccc3ccccc3c2)=C[C@@H]1c1ccccc1. The fourth-order valence-corrected chi connectivity index (χ4v) is 5.56. The Morgan fingerprint density at radius 2 is 1.87 bits per heavy atom. The molecule has 1 amide bonds. The summed E-state index contributed by atoms with van der Waals surface area (Å²) in [6, 6.07) is 24.7. The Balaban J connectivity index is 1.42. The van der Waals surface area contributed by atoms with Crippen LogP contribution < -0.4 is 5.43 Å². The molecule has 5 rings (SSSR count). The van der Waals surface area contributed by atoms with Crippen molar-refractivity contribution in [1.82, 2.24) is 10.4 Å². The lowest BCUT2D eigenvalue weighted by molar-refractivity contribution is -0.131. The Bertz CT molecular complexity index is 1140. The summed E-state index contributed by atoms with van der Waals surface area (Å²) in [7, 11) is 0. The number of hydrogen-bond acceptors (Lipinski definition) is 5. The van der Waals surface area contributed by atoms with E-state index in [0.29, 0.717) is 5.75 Å². The Labute approximate surface area is 184 Å². The minimum atomic E-state index is -0.140. The van der Waals surface area contributed by atoms with Gasteiger partial charge in [0.05, 0.1) is 24.0 Å². The van der Waals surface area contributed by atoms with Crippen LogP contribution in [-0.2, 0) is 4.79 Å². The van der Waals surface area contributed by atoms with E-state index in [9.17, 15) is 4.79 Å². The maximum Gasteiger partial charge on any atom is 0.252 e. The maximum absolute atomic E-state index is 13.1. The highest BCUT2D eigenvalue weighted by atomic mass is 32.2. The lowest BCUT2D eigenvalue weighted by Gasteiger charge is -2.25. The number of hydrogen-bond donors (Lipinski definition) is 1. The van der Waals surface area contributed by atoms with E-state index >= 15 is 0 Å². The molecule has 0 bridgehead atoms. The summed E-state index contributed by atoms with van der Waals surface area (Å²) in [5.74, 6) is 1.44. The summed E-state index contributed by atoms with van der Waals surface area (Å²) in [4.78, 5) is 17.6. The molecule has 3 aromatic carbocycles. The van der Waals surface area contributed by atoms with Crippen molar-refractivity contribution >= 4 is 50.3 Å². The summed E-state index contributed by atoms with van der Waals surface area (Å²) in [5.41, 5.74) is 6.51. The molecule has 1 atom stereocenters. The van der Waals surface area contributed by atoms with E-state index < -0.39 is 0 Å². The van der Waals surface area contributed by atoms with Crippen molar-refractivity contribution in [3.05, 3.63) is 90.0 Å². The maximum atomic E-state index is 13.1. The van der Waals surface area contributed by atoms with Gasteiger partial charge in [-0.25, -0.2) is 5.01 Å². The van der Waals surface area contributed by atoms with Crippen molar-refractivity contribution < 1.29 is 4.79 Å². The van der Waals surface area contributed by atoms with Gasteiger partial charge >= 0.3 is 0 Å². The molecule has 150 valence electrons. The molecule has 0 fully saturated rings. The van der Waals surface area contributed by atoms with Crippen molar-refractivity contribution in [2.75, 3.05) is 18.1 Å². The predicted octanol–water partition coefficient (Wildman–Crippen LogP) is 5.10. The number of benzene rings is 3. The lowest BCUT2D eigenvalue weighted by atomic mass is 10.0. The third-order valence-electron chi connectivity index (χ3n) is 5.19. The van der Waals surface area contributed by atoms with E-state index in [2.05, 4.69) is 59.0 Å². The molecule has 0 saturated carbocycles. The molecule has 0 unspecified atom stereocenters. The van der Waals surface area contributed by atoms with E-state index in [0.717, 1.165) is 33.5 Å². The van der Waals surface area contributed by atoms with Gasteiger partial charge in [-0.15, -0.1) is 0 Å². The summed E-state index contributed by atoms with van der Waals surface area (Å²) >= 11 is 3.27. The minimum Gasteiger partial charge on any atom is -0.295 e. The highest BCUT2D eigenvalue weighted by Crippen LogP contribution is 2.33. The summed E-state index contributed by atoms with van der Waals surface area (Å²) in [6.07, 6.45) is 2.14. The van der Waals surface area contributed by atoms with Crippen molar-refractivity contribution in [1.29, 1.82) is 0 Å². The third kappa shape index (κ3) is 3.98. The van der Waals surface area contributed by atoms with E-state index in [4.69, 9.17) is 0 Å². The molecule has 0 aliphatic carbocycles. The zero-order valence-electron chi connectivity index (χ0n) is 16.3. The molecule has 0 aromatic heterocycles. The number of amides is 1. The molecule has 3 aromatic rings. The number of carbonyl (C=O) groups excluding carboxylic acids is 1. The lowest BCUT2D eigenvalue weighted by Crippen LogP contribution is -2.40. The quantitative estimate of drug-likeness (QED) is 0.624. The normalized spacial score (nSPS) is 18.3. The van der Waals surface area contributed by atoms with Gasteiger partial charge in [0.25, 0.3) is 5.91 Å². The zero-order chi connectivity index (χ0) is 20.3. The average molecular weight is 432 g/mol. The number of fused-ring (bicyclic) bond motifs is 1. The first-order valence-electron chi connectivity index (χ1n) is 9.93. The Hall–Kier alpha value is -2.70. The first-order valence-corrected chi connectivity index (χ1v) is 11.9. The first kappa shape index (κ1) is 19.3. The third-order valence-corrected chi connectivity index (χ3v) is 7.43. The molecule has 30 heavy (non-hydrogen) atoms. The van der Waals surface area contributed by atoms with Crippen LogP contribution in [0, 0.1) is 0 Å². The summed E-state index contributed by atoms with van der Waals surface area (Å²) in [6.45, 7) is 0.851. The highest BCUT2D eigenvalue weighted by Gasteiger charge is 2.31. The van der Waals surface area contributed by atoms with Gasteiger partial charge in [-0.3, -0.25) is 15.2 Å². The second kappa shape index (κ2) is 8.58. The number of rotatable bonds is 4. The summed E-state index contributed by atoms with van der Waals surface area (Å²) < 4.78 is 1.02. The van der Waals surface area contributed by atoms with E-state index in [1.165, 1.54) is 22.5 Å². The van der Waals surface area contributed by atoms with Crippen LogP contribution in [0.5, 0.6) is 0 Å². The number of thioether (sulfide) groups is 2. The molecule has 4 nitrogen and oxygen atoms in total. The number of aliphatic imine (C=N–C) groups is 1. The van der Waals surface area contributed by atoms with Gasteiger partial charge in [-0.05, 0) is 34.0 Å². The largest absolute Gasteiger partial charge is 0.295 e. The predicted molar refractivity (Wildman–Crippen MR) is 128 cm³/mol. The van der Waals surface area contributed by atoms with Gasteiger partial charge in [-0.2, -0.15) is 0 Å². The van der Waals surface area contributed by atoms with Crippen LogP contribution in [0.2, 0.25) is 0 Å². The van der Waals surface area contributed by atoms with Crippen LogP contribution in [-0.4, -0.2) is 33.3 Å². The molecular weight excluding hydrogens is 410 g/mol. The van der Waals surface area contributed by atoms with Crippen LogP contribution in [0.25, 0.3) is 16.5 Å². The smallest absolute Gasteiger partial charge is 0.252 e. The summed E-state index contributed by atoms with van der Waals surface area (Å²) in [5, 5.41) is 4.15. The van der Waals surface area contributed by atoms with Crippen LogP contribution in [0.4, 0.5) is 0 Å². The molecule has 2 heterocycles. The second-order valence-corrected chi connectivity index (χ2v) is 9.46. The highest BCUT2D eigenvalue weighted by molar-refractivity contribution is 8.39. The Kier molecular flexibility index (Phi) is 5.51. The Morgan fingerprint density at radius 3 is 2.67 bits per heavy atom. The number of nitrogens with one attached hydrogen (secondary N) is 1. The fourth-order valence-electron chi connectivity index (χ4n) is 3.70. The first-order chi connectivity index (χ1) is 14.8. The topological polar surface area (TPSA) is 44.7 Å². The van der Waals surface area contributed by atoms with Crippen molar-refractivity contribution in [2.45, 2.75) is 6.04 Å². The zero-order valence-corrected chi connectivity index (χ0v) is 18.0. The number of carbonyl (C=O) groups is 1. The number of hydrazine groups is 1. The number of nitrogens with zero attached hydrogens (tertiary/aromatic N) is 2. The van der Waals surface area contributed by atoms with E-state index in [-0.39, 0.29) is 11.9 Å². The van der Waals surface area contributed by atoms with Gasteiger partial charge < -0.3 is 0 Å². The van der Waals surface area contributed by atoms with E-state index in [1.807, 2.05) is 30.3 Å². The standard InChI is InChI=1S/C24H21N3OS2/c28-23(16-30-24-25-12-13-29-24)27-22(18-7-2-1-3-8-18)15-21(26-27)20-11-10-17-6-4-5-9-19(17)14-20/h1-11,14-15,22,26H,12-13,16H2/t22-/m1/s1. The van der Waals surface area contributed by atoms with Crippen molar-refractivity contribution in [3.8, 4) is 0 Å². The minimum absolute atomic E-state index is 0.0519. The van der Waals surface area contributed by atoms with Crippen molar-refractivity contribution in [2.24, 2.45) is 4.99 Å². The molecule has 0 radical (unpaired) electrons. The fraction of sp³-hybridized carbons (Fsp3) is 0.167. The van der Waals surface area contributed by atoms with Crippen LogP contribution in [0.3, 0.4) is 0 Å². The molecule has 0 saturated heterocycles. The molecule has 2 aliphatic rings. The van der Waals surface area contributed by atoms with Crippen LogP contribution in [0.1, 0.15) is 17.2 Å². The van der Waals surface area contributed by atoms with Gasteiger partial charge in [0.2, 0.25) is 0 Å². The monoisotopic (exact) mass is 431 g/mol. The molecule has 6 heteroatoms. The van der Waals surface area contributed by atoms with E-state index in [1.54, 1.807) is 16.8 Å². The van der Waals surface area contributed by atoms with Gasteiger partial charge in [0, 0.05) is 5.75 Å². The molecular formula is C24H21N3OS2. The van der Waals surface area contributed by atoms with Crippen LogP contribution >= 0.6 is 23.5 Å². The van der Waals surface area contributed by atoms with Crippen LogP contribution in [0.15, 0.2) is 83.9 Å². The molecule has 2 aliphatic heterocycles. The molecule has 0 spiro atoms. The van der Waals surface area contributed by atoms with Gasteiger partial charge in [0.1, 0.15) is 4.38 Å². The van der Waals surface area contributed by atoms with Crippen molar-refractivity contribution in [3.63, 3.8) is 0 Å². The Morgan fingerprint density at radius 1 is 1.07 bits per heavy atom. The molecule has 1 N–H and O–H groups in total. The van der Waals surface area contributed by atoms with Gasteiger partial charge in [0.15, 0.2) is 0 Å².